The molecular weight excluding hydrogens is 256 g/mol. The van der Waals surface area contributed by atoms with E-state index >= 15 is 0 Å². The van der Waals surface area contributed by atoms with E-state index in [9.17, 15) is 0 Å². The maximum Gasteiger partial charge on any atom is 0.240 e. The summed E-state index contributed by atoms with van der Waals surface area (Å²) in [6, 6.07) is 0. The molecule has 2 rings (SSSR count). The molecule has 1 aromatic rings. The molecule has 1 aromatic heterocycles. The monoisotopic (exact) mass is 276 g/mol. The molecule has 0 atom stereocenters. The van der Waals surface area contributed by atoms with Crippen LogP contribution >= 0.6 is 12.4 Å². The zero-order valence-corrected chi connectivity index (χ0v) is 11.5. The van der Waals surface area contributed by atoms with Gasteiger partial charge in [-0.25, -0.2) is 0 Å². The number of nitrogens with two attached hydrogens (primary N) is 1. The normalized spacial score (nSPS) is 14.8. The van der Waals surface area contributed by atoms with Gasteiger partial charge in [0.2, 0.25) is 5.89 Å². The molecule has 2 N–H and O–H groups in total. The summed E-state index contributed by atoms with van der Waals surface area (Å²) in [5, 5.41) is 3.84. The summed E-state index contributed by atoms with van der Waals surface area (Å²) in [7, 11) is 2.01. The Morgan fingerprint density at radius 1 is 1.50 bits per heavy atom. The summed E-state index contributed by atoms with van der Waals surface area (Å²) in [5.74, 6) is 1.98. The van der Waals surface area contributed by atoms with Gasteiger partial charge in [0.05, 0.1) is 19.7 Å². The molecule has 0 saturated heterocycles. The van der Waals surface area contributed by atoms with Gasteiger partial charge in [-0.15, -0.1) is 12.4 Å². The molecule has 104 valence electrons. The first-order chi connectivity index (χ1) is 8.28. The van der Waals surface area contributed by atoms with Crippen molar-refractivity contribution in [1.82, 2.24) is 15.0 Å². The van der Waals surface area contributed by atoms with Gasteiger partial charge in [-0.05, 0) is 25.8 Å². The van der Waals surface area contributed by atoms with Crippen LogP contribution < -0.4 is 5.73 Å². The van der Waals surface area contributed by atoms with Gasteiger partial charge in [-0.1, -0.05) is 5.16 Å². The van der Waals surface area contributed by atoms with Crippen LogP contribution in [0.2, 0.25) is 0 Å². The number of ether oxygens (including phenoxy) is 1. The number of aromatic nitrogens is 2. The Bertz CT molecular complexity index is 344. The van der Waals surface area contributed by atoms with E-state index in [4.69, 9.17) is 15.0 Å². The molecule has 7 heteroatoms. The predicted octanol–water partition coefficient (Wildman–Crippen LogP) is 0.809. The van der Waals surface area contributed by atoms with E-state index in [1.165, 1.54) is 12.8 Å². The Morgan fingerprint density at radius 3 is 2.89 bits per heavy atom. The van der Waals surface area contributed by atoms with Gasteiger partial charge in [0, 0.05) is 13.2 Å². The van der Waals surface area contributed by atoms with E-state index < -0.39 is 0 Å². The van der Waals surface area contributed by atoms with Crippen LogP contribution in [0.25, 0.3) is 0 Å². The predicted molar refractivity (Wildman–Crippen MR) is 69.3 cm³/mol. The molecule has 0 spiro atoms. The molecule has 0 aliphatic heterocycles. The fraction of sp³-hybridized carbons (Fsp3) is 0.818. The van der Waals surface area contributed by atoms with Gasteiger partial charge >= 0.3 is 0 Å². The summed E-state index contributed by atoms with van der Waals surface area (Å²) >= 11 is 0. The topological polar surface area (TPSA) is 77.4 Å². The van der Waals surface area contributed by atoms with E-state index in [2.05, 4.69) is 15.0 Å². The Hall–Kier alpha value is -0.690. The molecule has 1 saturated carbocycles. The molecule has 6 nitrogen and oxygen atoms in total. The lowest BCUT2D eigenvalue weighted by atomic mass is 10.4. The quantitative estimate of drug-likeness (QED) is 0.708. The Kier molecular flexibility index (Phi) is 6.56. The summed E-state index contributed by atoms with van der Waals surface area (Å²) in [6.07, 6.45) is 2.67. The average molecular weight is 277 g/mol. The minimum absolute atomic E-state index is 0. The van der Waals surface area contributed by atoms with Crippen molar-refractivity contribution in [3.05, 3.63) is 11.7 Å². The SMILES string of the molecule is CN(CCOCC1CC1)Cc1noc(CN)n1.Cl. The minimum Gasteiger partial charge on any atom is -0.380 e. The van der Waals surface area contributed by atoms with Crippen molar-refractivity contribution in [2.24, 2.45) is 11.7 Å². The second-order valence-corrected chi connectivity index (χ2v) is 4.56. The van der Waals surface area contributed by atoms with Crippen molar-refractivity contribution >= 4 is 12.4 Å². The number of nitrogens with zero attached hydrogens (tertiary/aromatic N) is 3. The minimum atomic E-state index is 0. The molecule has 1 fully saturated rings. The second-order valence-electron chi connectivity index (χ2n) is 4.56. The molecule has 18 heavy (non-hydrogen) atoms. The zero-order chi connectivity index (χ0) is 12.1. The van der Waals surface area contributed by atoms with Crippen molar-refractivity contribution in [1.29, 1.82) is 0 Å². The fourth-order valence-electron chi connectivity index (χ4n) is 1.51. The molecular formula is C11H21ClN4O2. The number of rotatable bonds is 8. The van der Waals surface area contributed by atoms with E-state index in [-0.39, 0.29) is 12.4 Å². The summed E-state index contributed by atoms with van der Waals surface area (Å²) in [4.78, 5) is 6.26. The number of likely N-dealkylation sites (N-methyl/N-ethyl adjacent to an activating group) is 1. The standard InChI is InChI=1S/C11H20N4O2.ClH/c1-15(4-5-16-8-9-2-3-9)7-10-13-11(6-12)17-14-10;/h9H,2-8,12H2,1H3;1H. The second kappa shape index (κ2) is 7.68. The zero-order valence-electron chi connectivity index (χ0n) is 10.7. The van der Waals surface area contributed by atoms with Gasteiger partial charge in [-0.2, -0.15) is 4.98 Å². The lowest BCUT2D eigenvalue weighted by Crippen LogP contribution is -2.23. The molecule has 0 radical (unpaired) electrons. The molecule has 0 aromatic carbocycles. The first-order valence-corrected chi connectivity index (χ1v) is 6.05. The third kappa shape index (κ3) is 5.30. The Balaban J connectivity index is 0.00000162. The van der Waals surface area contributed by atoms with Crippen LogP contribution in [0.3, 0.4) is 0 Å². The van der Waals surface area contributed by atoms with Crippen molar-refractivity contribution in [2.75, 3.05) is 26.8 Å². The first-order valence-electron chi connectivity index (χ1n) is 6.05. The largest absolute Gasteiger partial charge is 0.380 e. The third-order valence-electron chi connectivity index (χ3n) is 2.76. The number of hydrogen-bond acceptors (Lipinski definition) is 6. The first kappa shape index (κ1) is 15.4. The highest BCUT2D eigenvalue weighted by molar-refractivity contribution is 5.85. The highest BCUT2D eigenvalue weighted by Gasteiger charge is 2.21. The lowest BCUT2D eigenvalue weighted by molar-refractivity contribution is 0.101. The van der Waals surface area contributed by atoms with Gasteiger partial charge < -0.3 is 15.0 Å². The highest BCUT2D eigenvalue weighted by Crippen LogP contribution is 2.28. The van der Waals surface area contributed by atoms with E-state index in [1.54, 1.807) is 0 Å². The van der Waals surface area contributed by atoms with Crippen molar-refractivity contribution < 1.29 is 9.26 Å². The lowest BCUT2D eigenvalue weighted by Gasteiger charge is -2.14. The van der Waals surface area contributed by atoms with Crippen LogP contribution in [-0.4, -0.2) is 41.8 Å². The molecule has 1 aliphatic carbocycles. The molecule has 1 aliphatic rings. The molecule has 0 bridgehead atoms. The fourth-order valence-corrected chi connectivity index (χ4v) is 1.51. The Labute approximate surface area is 113 Å². The van der Waals surface area contributed by atoms with Crippen molar-refractivity contribution in [3.63, 3.8) is 0 Å². The molecule has 0 amide bonds. The average Bonchev–Trinajstić information content (AvgIpc) is 3.04. The van der Waals surface area contributed by atoms with Crippen LogP contribution in [0.5, 0.6) is 0 Å². The van der Waals surface area contributed by atoms with Crippen LogP contribution in [0, 0.1) is 5.92 Å². The van der Waals surface area contributed by atoms with Gasteiger partial charge in [-0.3, -0.25) is 4.90 Å². The van der Waals surface area contributed by atoms with Gasteiger partial charge in [0.25, 0.3) is 0 Å². The van der Waals surface area contributed by atoms with Crippen molar-refractivity contribution in [2.45, 2.75) is 25.9 Å². The van der Waals surface area contributed by atoms with Crippen LogP contribution in [-0.2, 0) is 17.8 Å². The maximum absolute atomic E-state index is 5.57. The number of hydrogen-bond donors (Lipinski definition) is 1. The van der Waals surface area contributed by atoms with Gasteiger partial charge in [0.1, 0.15) is 0 Å². The van der Waals surface area contributed by atoms with E-state index in [0.29, 0.717) is 24.8 Å². The van der Waals surface area contributed by atoms with Gasteiger partial charge in [0.15, 0.2) is 5.82 Å². The smallest absolute Gasteiger partial charge is 0.240 e. The summed E-state index contributed by atoms with van der Waals surface area (Å²) in [6.45, 7) is 3.50. The maximum atomic E-state index is 5.57. The van der Waals surface area contributed by atoms with E-state index in [0.717, 1.165) is 25.7 Å². The van der Waals surface area contributed by atoms with Crippen LogP contribution in [0.4, 0.5) is 0 Å². The third-order valence-corrected chi connectivity index (χ3v) is 2.76. The van der Waals surface area contributed by atoms with E-state index in [1.807, 2.05) is 7.05 Å². The van der Waals surface area contributed by atoms with Crippen LogP contribution in [0.15, 0.2) is 4.52 Å². The Morgan fingerprint density at radius 2 is 2.28 bits per heavy atom. The molecule has 0 unspecified atom stereocenters. The number of halogens is 1. The highest BCUT2D eigenvalue weighted by atomic mass is 35.5. The van der Waals surface area contributed by atoms with Crippen LogP contribution in [0.1, 0.15) is 24.6 Å². The van der Waals surface area contributed by atoms with Crippen molar-refractivity contribution in [3.8, 4) is 0 Å². The summed E-state index contributed by atoms with van der Waals surface area (Å²) in [5.41, 5.74) is 5.40. The summed E-state index contributed by atoms with van der Waals surface area (Å²) < 4.78 is 10.5. The molecule has 1 heterocycles.